The number of hydrogen-bond acceptors (Lipinski definition) is 0. The minimum Gasteiger partial charge on any atom is -0.0683 e. The highest BCUT2D eigenvalue weighted by atomic mass is 14.1. The van der Waals surface area contributed by atoms with Gasteiger partial charge in [0.1, 0.15) is 0 Å². The normalized spacial score (nSPS) is 11.3. The zero-order valence-electron chi connectivity index (χ0n) is 18.8. The highest BCUT2D eigenvalue weighted by Gasteiger charge is 2.08. The molecule has 1 unspecified atom stereocenters. The van der Waals surface area contributed by atoms with Gasteiger partial charge in [0.25, 0.3) is 0 Å². The first-order valence-electron chi connectivity index (χ1n) is 10.5. The molecule has 0 amide bonds. The van der Waals surface area contributed by atoms with Crippen molar-refractivity contribution in [1.82, 2.24) is 0 Å². The smallest absolute Gasteiger partial charge is 0.0167 e. The zero-order chi connectivity index (χ0) is 20.1. The van der Waals surface area contributed by atoms with Crippen LogP contribution in [0.25, 0.3) is 0 Å². The van der Waals surface area contributed by atoms with Gasteiger partial charge < -0.3 is 0 Å². The fraction of sp³-hybridized carbons (Fsp3) is 0.538. The lowest BCUT2D eigenvalue weighted by atomic mass is 9.90. The molecule has 0 aliphatic heterocycles. The van der Waals surface area contributed by atoms with E-state index in [1.54, 1.807) is 0 Å². The van der Waals surface area contributed by atoms with Gasteiger partial charge in [-0.3, -0.25) is 0 Å². The minimum absolute atomic E-state index is 0.672. The van der Waals surface area contributed by atoms with E-state index in [-0.39, 0.29) is 0 Å². The van der Waals surface area contributed by atoms with Gasteiger partial charge in [-0.25, -0.2) is 0 Å². The molecule has 0 spiro atoms. The molecule has 0 heteroatoms. The summed E-state index contributed by atoms with van der Waals surface area (Å²) in [7, 11) is 0. The van der Waals surface area contributed by atoms with Crippen molar-refractivity contribution in [1.29, 1.82) is 0 Å². The molecule has 2 aromatic rings. The number of benzene rings is 2. The van der Waals surface area contributed by atoms with Gasteiger partial charge >= 0.3 is 0 Å². The van der Waals surface area contributed by atoms with Gasteiger partial charge in [0.2, 0.25) is 0 Å². The summed E-state index contributed by atoms with van der Waals surface area (Å²) >= 11 is 0. The van der Waals surface area contributed by atoms with Crippen molar-refractivity contribution in [3.8, 4) is 0 Å². The van der Waals surface area contributed by atoms with E-state index in [9.17, 15) is 0 Å². The van der Waals surface area contributed by atoms with Crippen molar-refractivity contribution in [3.63, 3.8) is 0 Å². The molecule has 1 atom stereocenters. The minimum atomic E-state index is 0.672. The molecular formula is C26H42. The maximum Gasteiger partial charge on any atom is -0.0167 e. The molecule has 0 heterocycles. The Balaban J connectivity index is 0.000000439. The van der Waals surface area contributed by atoms with E-state index < -0.39 is 0 Å². The summed E-state index contributed by atoms with van der Waals surface area (Å²) in [5, 5.41) is 0. The van der Waals surface area contributed by atoms with Gasteiger partial charge in [0.05, 0.1) is 0 Å². The highest BCUT2D eigenvalue weighted by Crippen LogP contribution is 2.23. The largest absolute Gasteiger partial charge is 0.0683 e. The summed E-state index contributed by atoms with van der Waals surface area (Å²) in [6, 6.07) is 17.8. The van der Waals surface area contributed by atoms with Crippen LogP contribution in [0.1, 0.15) is 95.4 Å². The van der Waals surface area contributed by atoms with E-state index in [2.05, 4.69) is 97.0 Å². The van der Waals surface area contributed by atoms with Gasteiger partial charge in [-0.05, 0) is 55.6 Å². The average molecular weight is 355 g/mol. The van der Waals surface area contributed by atoms with Gasteiger partial charge in [-0.15, -0.1) is 0 Å². The number of hydrogen-bond donors (Lipinski definition) is 0. The summed E-state index contributed by atoms with van der Waals surface area (Å²) in [6.45, 7) is 19.6. The fourth-order valence-corrected chi connectivity index (χ4v) is 2.85. The van der Waals surface area contributed by atoms with Crippen molar-refractivity contribution in [2.45, 2.75) is 87.0 Å². The third-order valence-corrected chi connectivity index (χ3v) is 5.14. The summed E-state index contributed by atoms with van der Waals surface area (Å²) in [6.07, 6.45) is 2.50. The molecule has 146 valence electrons. The second-order valence-corrected chi connectivity index (χ2v) is 7.37. The first kappa shape index (κ1) is 24.4. The molecule has 0 aliphatic rings. The lowest BCUT2D eigenvalue weighted by molar-refractivity contribution is 0.535. The van der Waals surface area contributed by atoms with Gasteiger partial charge in [0, 0.05) is 0 Å². The standard InChI is InChI=1S/2C12H18.C2H6/c1-9(2)11(4)12-7-5-10(3)6-8-12;1-4-11(5-2)12-8-6-10(3)7-9-12;1-2/h5-9,11H,1-4H3;6-9,11H,4-5H2,1-3H3;1-2H3. The highest BCUT2D eigenvalue weighted by molar-refractivity contribution is 5.25. The van der Waals surface area contributed by atoms with E-state index in [0.717, 1.165) is 11.8 Å². The van der Waals surface area contributed by atoms with Crippen molar-refractivity contribution in [2.24, 2.45) is 5.92 Å². The first-order chi connectivity index (χ1) is 12.4. The quantitative estimate of drug-likeness (QED) is 0.503. The number of aryl methyl sites for hydroxylation is 2. The lowest BCUT2D eigenvalue weighted by Gasteiger charge is -2.15. The van der Waals surface area contributed by atoms with Crippen molar-refractivity contribution < 1.29 is 0 Å². The van der Waals surface area contributed by atoms with Gasteiger partial charge in [-0.1, -0.05) is 108 Å². The van der Waals surface area contributed by atoms with Crippen LogP contribution in [0.4, 0.5) is 0 Å². The third kappa shape index (κ3) is 8.70. The van der Waals surface area contributed by atoms with Crippen LogP contribution in [0, 0.1) is 19.8 Å². The topological polar surface area (TPSA) is 0 Å². The van der Waals surface area contributed by atoms with Crippen LogP contribution < -0.4 is 0 Å². The van der Waals surface area contributed by atoms with Crippen LogP contribution in [0.5, 0.6) is 0 Å². The zero-order valence-corrected chi connectivity index (χ0v) is 18.8. The van der Waals surface area contributed by atoms with Crippen molar-refractivity contribution >= 4 is 0 Å². The molecule has 0 saturated heterocycles. The molecule has 26 heavy (non-hydrogen) atoms. The molecule has 0 nitrogen and oxygen atoms in total. The van der Waals surface area contributed by atoms with Crippen LogP contribution in [0.15, 0.2) is 48.5 Å². The van der Waals surface area contributed by atoms with Crippen LogP contribution in [-0.2, 0) is 0 Å². The van der Waals surface area contributed by atoms with Crippen LogP contribution >= 0.6 is 0 Å². The third-order valence-electron chi connectivity index (χ3n) is 5.14. The SMILES string of the molecule is CC.CCC(CC)c1ccc(C)cc1.Cc1ccc(C(C)C(C)C)cc1. The maximum absolute atomic E-state index is 2.29. The lowest BCUT2D eigenvalue weighted by Crippen LogP contribution is -2.01. The predicted molar refractivity (Wildman–Crippen MR) is 120 cm³/mol. The van der Waals surface area contributed by atoms with E-state index in [0.29, 0.717) is 5.92 Å². The van der Waals surface area contributed by atoms with Gasteiger partial charge in [0.15, 0.2) is 0 Å². The molecule has 2 aromatic carbocycles. The van der Waals surface area contributed by atoms with Crippen LogP contribution in [-0.4, -0.2) is 0 Å². The molecule has 0 radical (unpaired) electrons. The second kappa shape index (κ2) is 13.6. The Morgan fingerprint density at radius 2 is 0.962 bits per heavy atom. The Labute approximate surface area is 164 Å². The molecule has 0 bridgehead atoms. The molecule has 0 aliphatic carbocycles. The Kier molecular flexibility index (Phi) is 12.8. The molecule has 2 rings (SSSR count). The summed E-state index contributed by atoms with van der Waals surface area (Å²) in [5.74, 6) is 2.16. The van der Waals surface area contributed by atoms with E-state index >= 15 is 0 Å². The first-order valence-corrected chi connectivity index (χ1v) is 10.5. The van der Waals surface area contributed by atoms with Crippen LogP contribution in [0.2, 0.25) is 0 Å². The van der Waals surface area contributed by atoms with E-state index in [4.69, 9.17) is 0 Å². The molecule has 0 aromatic heterocycles. The Morgan fingerprint density at radius 3 is 1.27 bits per heavy atom. The summed E-state index contributed by atoms with van der Waals surface area (Å²) in [4.78, 5) is 0. The Bertz CT molecular complexity index is 512. The number of rotatable bonds is 5. The maximum atomic E-state index is 2.29. The van der Waals surface area contributed by atoms with E-state index in [1.165, 1.54) is 35.1 Å². The molecule has 0 fully saturated rings. The molecule has 0 saturated carbocycles. The van der Waals surface area contributed by atoms with Crippen molar-refractivity contribution in [3.05, 3.63) is 70.8 Å². The monoisotopic (exact) mass is 354 g/mol. The average Bonchev–Trinajstić information content (AvgIpc) is 2.66. The van der Waals surface area contributed by atoms with Crippen molar-refractivity contribution in [2.75, 3.05) is 0 Å². The predicted octanol–water partition coefficient (Wildman–Crippen LogP) is 8.68. The fourth-order valence-electron chi connectivity index (χ4n) is 2.85. The van der Waals surface area contributed by atoms with E-state index in [1.807, 2.05) is 13.8 Å². The van der Waals surface area contributed by atoms with Crippen LogP contribution in [0.3, 0.4) is 0 Å². The Hall–Kier alpha value is -1.56. The van der Waals surface area contributed by atoms with Gasteiger partial charge in [-0.2, -0.15) is 0 Å². The molecule has 0 N–H and O–H groups in total. The summed E-state index contributed by atoms with van der Waals surface area (Å²) in [5.41, 5.74) is 5.64. The molecular weight excluding hydrogens is 312 g/mol. The Morgan fingerprint density at radius 1 is 0.615 bits per heavy atom. The second-order valence-electron chi connectivity index (χ2n) is 7.37. The summed E-state index contributed by atoms with van der Waals surface area (Å²) < 4.78 is 0.